The van der Waals surface area contributed by atoms with E-state index in [1.54, 1.807) is 13.0 Å². The van der Waals surface area contributed by atoms with Gasteiger partial charge in [0, 0.05) is 18.3 Å². The molecule has 0 aromatic carbocycles. The van der Waals surface area contributed by atoms with Gasteiger partial charge in [0.25, 0.3) is 0 Å². The minimum Gasteiger partial charge on any atom is -0.300 e. The average Bonchev–Trinajstić information content (AvgIpc) is 2.06. The first kappa shape index (κ1) is 9.17. The van der Waals surface area contributed by atoms with Crippen LogP contribution in [-0.4, -0.2) is 11.6 Å². The predicted octanol–water partition coefficient (Wildman–Crippen LogP) is 1.89. The molecule has 0 amide bonds. The Morgan fingerprint density at radius 2 is 2.00 bits per heavy atom. The number of allylic oxidation sites excluding steroid dienone is 1. The molecule has 1 rings (SSSR count). The number of ketones is 2. The number of Topliss-reactive ketones (excluding diaryl/α,β-unsaturated/α-hetero) is 2. The summed E-state index contributed by atoms with van der Waals surface area (Å²) in [5.41, 5.74) is -0.395. The molecule has 0 N–H and O–H groups in total. The molecule has 0 aliphatic heterocycles. The van der Waals surface area contributed by atoms with E-state index in [1.165, 1.54) is 0 Å². The van der Waals surface area contributed by atoms with Gasteiger partial charge in [-0.15, -0.1) is 6.58 Å². The van der Waals surface area contributed by atoms with E-state index in [4.69, 9.17) is 0 Å². The molecule has 0 atom stereocenters. The zero-order valence-electron chi connectivity index (χ0n) is 7.43. The molecule has 0 spiro atoms. The van der Waals surface area contributed by atoms with Gasteiger partial charge in [-0.3, -0.25) is 9.59 Å². The second-order valence-corrected chi connectivity index (χ2v) is 3.46. The van der Waals surface area contributed by atoms with Gasteiger partial charge >= 0.3 is 0 Å². The van der Waals surface area contributed by atoms with Gasteiger partial charge in [0.1, 0.15) is 11.6 Å². The molecule has 12 heavy (non-hydrogen) atoms. The third kappa shape index (κ3) is 1.47. The molecule has 1 aliphatic carbocycles. The molecule has 0 saturated heterocycles. The van der Waals surface area contributed by atoms with Crippen molar-refractivity contribution >= 4 is 11.6 Å². The Balaban J connectivity index is 2.76. The fourth-order valence-corrected chi connectivity index (χ4v) is 1.67. The van der Waals surface area contributed by atoms with E-state index in [2.05, 4.69) is 6.58 Å². The molecule has 2 heteroatoms. The molecule has 2 nitrogen and oxygen atoms in total. The molecule has 0 heterocycles. The maximum atomic E-state index is 11.3. The maximum absolute atomic E-state index is 11.3. The normalized spacial score (nSPS) is 21.9. The lowest BCUT2D eigenvalue weighted by molar-refractivity contribution is -0.129. The first-order chi connectivity index (χ1) is 5.60. The van der Waals surface area contributed by atoms with Crippen molar-refractivity contribution < 1.29 is 9.59 Å². The summed E-state index contributed by atoms with van der Waals surface area (Å²) in [6, 6.07) is 0. The van der Waals surface area contributed by atoms with Crippen LogP contribution >= 0.6 is 0 Å². The van der Waals surface area contributed by atoms with Gasteiger partial charge in [0.05, 0.1) is 0 Å². The van der Waals surface area contributed by atoms with Gasteiger partial charge in [0.2, 0.25) is 0 Å². The van der Waals surface area contributed by atoms with Crippen LogP contribution in [0.5, 0.6) is 0 Å². The second kappa shape index (κ2) is 3.21. The van der Waals surface area contributed by atoms with E-state index in [1.807, 2.05) is 0 Å². The molecule has 0 radical (unpaired) electrons. The van der Waals surface area contributed by atoms with Crippen LogP contribution < -0.4 is 0 Å². The maximum Gasteiger partial charge on any atom is 0.139 e. The Hall–Kier alpha value is -0.920. The Kier molecular flexibility index (Phi) is 2.46. The molecule has 0 aromatic rings. The number of hydrogen-bond donors (Lipinski definition) is 0. The monoisotopic (exact) mass is 166 g/mol. The fraction of sp³-hybridized carbons (Fsp3) is 0.600. The molecule has 0 aromatic heterocycles. The van der Waals surface area contributed by atoms with Crippen molar-refractivity contribution in [3.05, 3.63) is 12.7 Å². The summed E-state index contributed by atoms with van der Waals surface area (Å²) in [6.45, 7) is 5.25. The lowest BCUT2D eigenvalue weighted by Crippen LogP contribution is -2.31. The van der Waals surface area contributed by atoms with Crippen LogP contribution in [0.15, 0.2) is 12.7 Å². The molecule has 1 fully saturated rings. The second-order valence-electron chi connectivity index (χ2n) is 3.46. The van der Waals surface area contributed by atoms with Crippen LogP contribution in [-0.2, 0) is 9.59 Å². The van der Waals surface area contributed by atoms with Crippen molar-refractivity contribution in [2.24, 2.45) is 5.41 Å². The van der Waals surface area contributed by atoms with Crippen molar-refractivity contribution in [2.45, 2.75) is 32.6 Å². The summed E-state index contributed by atoms with van der Waals surface area (Å²) in [6.07, 6.45) is 4.09. The van der Waals surface area contributed by atoms with Crippen LogP contribution in [0.1, 0.15) is 32.6 Å². The topological polar surface area (TPSA) is 34.1 Å². The molecule has 0 bridgehead atoms. The quantitative estimate of drug-likeness (QED) is 0.587. The first-order valence-electron chi connectivity index (χ1n) is 4.27. The third-order valence-electron chi connectivity index (χ3n) is 2.79. The van der Waals surface area contributed by atoms with E-state index in [-0.39, 0.29) is 11.6 Å². The smallest absolute Gasteiger partial charge is 0.139 e. The van der Waals surface area contributed by atoms with Crippen LogP contribution in [0.25, 0.3) is 0 Å². The first-order valence-corrected chi connectivity index (χ1v) is 4.27. The molecular formula is C10H14O2. The van der Waals surface area contributed by atoms with Gasteiger partial charge in [0.15, 0.2) is 0 Å². The highest BCUT2D eigenvalue weighted by Gasteiger charge is 2.35. The van der Waals surface area contributed by atoms with Crippen molar-refractivity contribution in [1.29, 1.82) is 0 Å². The van der Waals surface area contributed by atoms with Crippen molar-refractivity contribution in [1.82, 2.24) is 0 Å². The van der Waals surface area contributed by atoms with Crippen LogP contribution in [0.3, 0.4) is 0 Å². The van der Waals surface area contributed by atoms with E-state index < -0.39 is 5.41 Å². The van der Waals surface area contributed by atoms with E-state index in [0.29, 0.717) is 25.7 Å². The average molecular weight is 166 g/mol. The van der Waals surface area contributed by atoms with Gasteiger partial charge in [-0.1, -0.05) is 6.08 Å². The molecule has 0 unspecified atom stereocenters. The zero-order valence-corrected chi connectivity index (χ0v) is 7.43. The fourth-order valence-electron chi connectivity index (χ4n) is 1.67. The summed E-state index contributed by atoms with van der Waals surface area (Å²) in [4.78, 5) is 22.2. The Morgan fingerprint density at radius 3 is 2.33 bits per heavy atom. The highest BCUT2D eigenvalue weighted by Crippen LogP contribution is 2.36. The molecule has 1 aliphatic rings. The minimum atomic E-state index is -0.395. The van der Waals surface area contributed by atoms with Crippen molar-refractivity contribution in [3.8, 4) is 0 Å². The van der Waals surface area contributed by atoms with Crippen LogP contribution in [0.4, 0.5) is 0 Å². The largest absolute Gasteiger partial charge is 0.300 e. The highest BCUT2D eigenvalue weighted by atomic mass is 16.1. The van der Waals surface area contributed by atoms with Crippen molar-refractivity contribution in [2.75, 3.05) is 0 Å². The number of carbonyl (C=O) groups excluding carboxylic acids is 2. The zero-order chi connectivity index (χ0) is 9.19. The summed E-state index contributed by atoms with van der Waals surface area (Å²) < 4.78 is 0. The SMILES string of the molecule is C=CC1(C(C)=O)CCC(=O)CC1. The Morgan fingerprint density at radius 1 is 1.50 bits per heavy atom. The highest BCUT2D eigenvalue weighted by molar-refractivity contribution is 5.88. The predicted molar refractivity (Wildman–Crippen MR) is 46.8 cm³/mol. The number of carbonyl (C=O) groups is 2. The van der Waals surface area contributed by atoms with Crippen molar-refractivity contribution in [3.63, 3.8) is 0 Å². The minimum absolute atomic E-state index is 0.144. The van der Waals surface area contributed by atoms with Crippen LogP contribution in [0, 0.1) is 5.41 Å². The molecular weight excluding hydrogens is 152 g/mol. The van der Waals surface area contributed by atoms with E-state index in [0.717, 1.165) is 0 Å². The molecule has 1 saturated carbocycles. The van der Waals surface area contributed by atoms with E-state index in [9.17, 15) is 9.59 Å². The summed E-state index contributed by atoms with van der Waals surface area (Å²) in [7, 11) is 0. The van der Waals surface area contributed by atoms with Gasteiger partial charge < -0.3 is 0 Å². The summed E-state index contributed by atoms with van der Waals surface area (Å²) in [5.74, 6) is 0.415. The van der Waals surface area contributed by atoms with Crippen LogP contribution in [0.2, 0.25) is 0 Å². The standard InChI is InChI=1S/C10H14O2/c1-3-10(8(2)11)6-4-9(12)5-7-10/h3H,1,4-7H2,2H3. The lowest BCUT2D eigenvalue weighted by atomic mass is 9.71. The number of hydrogen-bond acceptors (Lipinski definition) is 2. The molecule has 66 valence electrons. The van der Waals surface area contributed by atoms with E-state index >= 15 is 0 Å². The van der Waals surface area contributed by atoms with Gasteiger partial charge in [-0.2, -0.15) is 0 Å². The summed E-state index contributed by atoms with van der Waals surface area (Å²) in [5, 5.41) is 0. The third-order valence-corrected chi connectivity index (χ3v) is 2.79. The number of rotatable bonds is 2. The Bertz CT molecular complexity index is 218. The summed E-state index contributed by atoms with van der Waals surface area (Å²) >= 11 is 0. The van der Waals surface area contributed by atoms with Gasteiger partial charge in [-0.25, -0.2) is 0 Å². The van der Waals surface area contributed by atoms with Gasteiger partial charge in [-0.05, 0) is 19.8 Å². The Labute approximate surface area is 72.7 Å². The lowest BCUT2D eigenvalue weighted by Gasteiger charge is -2.30.